The van der Waals surface area contributed by atoms with Crippen LogP contribution in [0.2, 0.25) is 5.02 Å². The van der Waals surface area contributed by atoms with Gasteiger partial charge in [0, 0.05) is 45.0 Å². The molecule has 0 bridgehead atoms. The third-order valence-electron chi connectivity index (χ3n) is 5.57. The van der Waals surface area contributed by atoms with Gasteiger partial charge in [0.05, 0.1) is 27.9 Å². The molecule has 0 saturated carbocycles. The number of halogens is 1. The molecule has 1 aromatic carbocycles. The summed E-state index contributed by atoms with van der Waals surface area (Å²) in [4.78, 5) is 18.4. The largest absolute Gasteiger partial charge is 0.397 e. The maximum absolute atomic E-state index is 6.52. The molecule has 152 valence electrons. The molecule has 5 rings (SSSR count). The van der Waals surface area contributed by atoms with Crippen molar-refractivity contribution < 1.29 is 0 Å². The number of hydrogen-bond acceptors (Lipinski definition) is 6. The fourth-order valence-corrected chi connectivity index (χ4v) is 4.10. The minimum absolute atomic E-state index is 0.599. The molecular weight excluding hydrogens is 398 g/mol. The van der Waals surface area contributed by atoms with Crippen molar-refractivity contribution in [1.82, 2.24) is 19.5 Å². The number of piperazine rings is 1. The second-order valence-electron chi connectivity index (χ2n) is 7.43. The van der Waals surface area contributed by atoms with Crippen molar-refractivity contribution in [3.63, 3.8) is 0 Å². The molecule has 0 spiro atoms. The Morgan fingerprint density at radius 3 is 2.30 bits per heavy atom. The van der Waals surface area contributed by atoms with Gasteiger partial charge >= 0.3 is 0 Å². The number of aromatic nitrogens is 4. The number of imidazole rings is 1. The number of aryl methyl sites for hydroxylation is 1. The standard InChI is InChI=1S/C22H22ClN7/c1-28-19-5-3-2-4-18(19)27-22(28)16-12-21(26-14-17(16)23)30-10-8-29(9-11-30)20-7-6-15(24)13-25-20/h2-7,12-14H,8-11,24H2,1H3. The Balaban J connectivity index is 1.40. The molecule has 1 aliphatic heterocycles. The number of para-hydroxylation sites is 2. The van der Waals surface area contributed by atoms with Crippen LogP contribution in [0.3, 0.4) is 0 Å². The Morgan fingerprint density at radius 2 is 1.60 bits per heavy atom. The topological polar surface area (TPSA) is 76.1 Å². The van der Waals surface area contributed by atoms with Crippen molar-refractivity contribution in [2.75, 3.05) is 41.7 Å². The van der Waals surface area contributed by atoms with Crippen LogP contribution in [0.1, 0.15) is 0 Å². The summed E-state index contributed by atoms with van der Waals surface area (Å²) in [5.41, 5.74) is 9.35. The monoisotopic (exact) mass is 419 g/mol. The highest BCUT2D eigenvalue weighted by Crippen LogP contribution is 2.32. The van der Waals surface area contributed by atoms with E-state index in [2.05, 4.69) is 30.4 Å². The van der Waals surface area contributed by atoms with Gasteiger partial charge in [-0.25, -0.2) is 15.0 Å². The van der Waals surface area contributed by atoms with Crippen LogP contribution >= 0.6 is 11.6 Å². The highest BCUT2D eigenvalue weighted by molar-refractivity contribution is 6.33. The summed E-state index contributed by atoms with van der Waals surface area (Å²) >= 11 is 6.52. The van der Waals surface area contributed by atoms with Crippen molar-refractivity contribution in [2.24, 2.45) is 7.05 Å². The Hall–Kier alpha value is -3.32. The minimum atomic E-state index is 0.599. The van der Waals surface area contributed by atoms with E-state index in [1.54, 1.807) is 12.4 Å². The lowest BCUT2D eigenvalue weighted by Crippen LogP contribution is -2.47. The van der Waals surface area contributed by atoms with Gasteiger partial charge in [-0.3, -0.25) is 0 Å². The smallest absolute Gasteiger partial charge is 0.142 e. The van der Waals surface area contributed by atoms with Crippen molar-refractivity contribution in [2.45, 2.75) is 0 Å². The lowest BCUT2D eigenvalue weighted by atomic mass is 10.2. The van der Waals surface area contributed by atoms with Crippen LogP contribution in [0.25, 0.3) is 22.4 Å². The van der Waals surface area contributed by atoms with E-state index >= 15 is 0 Å². The summed E-state index contributed by atoms with van der Waals surface area (Å²) in [7, 11) is 2.01. The first kappa shape index (κ1) is 18.7. The summed E-state index contributed by atoms with van der Waals surface area (Å²) in [6.45, 7) is 3.43. The van der Waals surface area contributed by atoms with E-state index in [0.717, 1.165) is 60.2 Å². The van der Waals surface area contributed by atoms with E-state index in [0.29, 0.717) is 10.7 Å². The number of rotatable bonds is 3. The van der Waals surface area contributed by atoms with Crippen LogP contribution < -0.4 is 15.5 Å². The number of nitrogens with two attached hydrogens (primary N) is 1. The predicted molar refractivity (Wildman–Crippen MR) is 122 cm³/mol. The number of nitrogen functional groups attached to an aromatic ring is 1. The lowest BCUT2D eigenvalue weighted by molar-refractivity contribution is 0.642. The van der Waals surface area contributed by atoms with E-state index in [1.807, 2.05) is 43.4 Å². The Kier molecular flexibility index (Phi) is 4.67. The van der Waals surface area contributed by atoms with Gasteiger partial charge in [-0.2, -0.15) is 0 Å². The van der Waals surface area contributed by atoms with E-state index in [1.165, 1.54) is 0 Å². The SMILES string of the molecule is Cn1c(-c2cc(N3CCN(c4ccc(N)cn4)CC3)ncc2Cl)nc2ccccc21. The number of nitrogens with zero attached hydrogens (tertiary/aromatic N) is 6. The average molecular weight is 420 g/mol. The van der Waals surface area contributed by atoms with Gasteiger partial charge < -0.3 is 20.1 Å². The van der Waals surface area contributed by atoms with Crippen LogP contribution in [-0.2, 0) is 7.05 Å². The molecule has 3 aromatic heterocycles. The molecule has 1 saturated heterocycles. The van der Waals surface area contributed by atoms with Gasteiger partial charge in [-0.1, -0.05) is 23.7 Å². The zero-order valence-electron chi connectivity index (χ0n) is 16.7. The lowest BCUT2D eigenvalue weighted by Gasteiger charge is -2.36. The van der Waals surface area contributed by atoms with Crippen molar-refractivity contribution in [3.8, 4) is 11.4 Å². The Bertz CT molecular complexity index is 1190. The number of benzene rings is 1. The molecule has 1 fully saturated rings. The summed E-state index contributed by atoms with van der Waals surface area (Å²) in [5.74, 6) is 2.70. The van der Waals surface area contributed by atoms with E-state index < -0.39 is 0 Å². The highest BCUT2D eigenvalue weighted by atomic mass is 35.5. The molecule has 0 radical (unpaired) electrons. The molecular formula is C22H22ClN7. The molecule has 0 amide bonds. The van der Waals surface area contributed by atoms with Crippen LogP contribution in [0.4, 0.5) is 17.3 Å². The second-order valence-corrected chi connectivity index (χ2v) is 7.84. The van der Waals surface area contributed by atoms with E-state index in [9.17, 15) is 0 Å². The molecule has 0 aliphatic carbocycles. The zero-order chi connectivity index (χ0) is 20.7. The average Bonchev–Trinajstić information content (AvgIpc) is 3.11. The van der Waals surface area contributed by atoms with Crippen molar-refractivity contribution in [1.29, 1.82) is 0 Å². The maximum Gasteiger partial charge on any atom is 0.142 e. The van der Waals surface area contributed by atoms with Crippen molar-refractivity contribution in [3.05, 3.63) is 59.9 Å². The number of fused-ring (bicyclic) bond motifs is 1. The number of anilines is 3. The first-order chi connectivity index (χ1) is 14.6. The third kappa shape index (κ3) is 3.31. The molecule has 2 N–H and O–H groups in total. The van der Waals surface area contributed by atoms with E-state index in [-0.39, 0.29) is 0 Å². The second kappa shape index (κ2) is 7.50. The molecule has 8 heteroatoms. The Labute approximate surface area is 179 Å². The normalized spacial score (nSPS) is 14.5. The molecule has 0 unspecified atom stereocenters. The zero-order valence-corrected chi connectivity index (χ0v) is 17.4. The molecule has 0 atom stereocenters. The molecule has 7 nitrogen and oxygen atoms in total. The third-order valence-corrected chi connectivity index (χ3v) is 5.87. The first-order valence-corrected chi connectivity index (χ1v) is 10.3. The van der Waals surface area contributed by atoms with Crippen LogP contribution in [0.5, 0.6) is 0 Å². The fraction of sp³-hybridized carbons (Fsp3) is 0.227. The van der Waals surface area contributed by atoms with Gasteiger partial charge in [0.25, 0.3) is 0 Å². The highest BCUT2D eigenvalue weighted by Gasteiger charge is 2.21. The molecule has 4 heterocycles. The maximum atomic E-state index is 6.52. The number of hydrogen-bond donors (Lipinski definition) is 1. The first-order valence-electron chi connectivity index (χ1n) is 9.89. The Morgan fingerprint density at radius 1 is 0.900 bits per heavy atom. The quantitative estimate of drug-likeness (QED) is 0.547. The van der Waals surface area contributed by atoms with Crippen molar-refractivity contribution >= 4 is 40.0 Å². The predicted octanol–water partition coefficient (Wildman–Crippen LogP) is 3.59. The van der Waals surface area contributed by atoms with Crippen LogP contribution in [0.15, 0.2) is 54.9 Å². The van der Waals surface area contributed by atoms with Gasteiger partial charge in [-0.05, 0) is 30.3 Å². The van der Waals surface area contributed by atoms with Gasteiger partial charge in [0.15, 0.2) is 0 Å². The summed E-state index contributed by atoms with van der Waals surface area (Å²) < 4.78 is 2.07. The van der Waals surface area contributed by atoms with Gasteiger partial charge in [-0.15, -0.1) is 0 Å². The van der Waals surface area contributed by atoms with Gasteiger partial charge in [0.1, 0.15) is 17.5 Å². The van der Waals surface area contributed by atoms with Crippen LogP contribution in [-0.4, -0.2) is 45.7 Å². The number of pyridine rings is 2. The molecule has 4 aromatic rings. The summed E-state index contributed by atoms with van der Waals surface area (Å²) in [6, 6.07) is 14.0. The van der Waals surface area contributed by atoms with Crippen LogP contribution in [0, 0.1) is 0 Å². The summed E-state index contributed by atoms with van der Waals surface area (Å²) in [6.07, 6.45) is 3.42. The fourth-order valence-electron chi connectivity index (χ4n) is 3.91. The van der Waals surface area contributed by atoms with E-state index in [4.69, 9.17) is 22.3 Å². The molecule has 30 heavy (non-hydrogen) atoms. The summed E-state index contributed by atoms with van der Waals surface area (Å²) in [5, 5.41) is 0.599. The van der Waals surface area contributed by atoms with Gasteiger partial charge in [0.2, 0.25) is 0 Å². The minimum Gasteiger partial charge on any atom is -0.397 e. The molecule has 1 aliphatic rings.